The lowest BCUT2D eigenvalue weighted by atomic mass is 9.69. The van der Waals surface area contributed by atoms with Crippen LogP contribution in [0.1, 0.15) is 29.6 Å². The molecule has 3 aliphatic rings. The number of rotatable bonds is 6. The topological polar surface area (TPSA) is 157 Å². The zero-order valence-electron chi connectivity index (χ0n) is 25.8. The average molecular weight is 737 g/mol. The number of hydrogen-bond acceptors (Lipinski definition) is 9. The number of halogens is 2. The molecule has 0 spiro atoms. The van der Waals surface area contributed by atoms with Crippen LogP contribution in [0, 0.1) is 0 Å². The average Bonchev–Trinajstić information content (AvgIpc) is 3.31. The van der Waals surface area contributed by atoms with E-state index in [1.54, 1.807) is 31.3 Å². The molecule has 7 rings (SSSR count). The molecule has 0 radical (unpaired) electrons. The molecular weight excluding hydrogens is 710 g/mol. The molecule has 0 bridgehead atoms. The summed E-state index contributed by atoms with van der Waals surface area (Å²) >= 11 is 9.78. The Bertz CT molecular complexity index is 2400. The summed E-state index contributed by atoms with van der Waals surface area (Å²) in [5.41, 5.74) is 1.07. The first-order valence-electron chi connectivity index (χ1n) is 14.9. The Morgan fingerprint density at radius 2 is 1.77 bits per heavy atom. The van der Waals surface area contributed by atoms with Crippen LogP contribution in [0.4, 0.5) is 0 Å². The van der Waals surface area contributed by atoms with Crippen LogP contribution in [0.3, 0.4) is 0 Å². The number of hydrogen-bond donors (Lipinski definition) is 1. The van der Waals surface area contributed by atoms with E-state index in [0.717, 1.165) is 4.57 Å². The first kappa shape index (κ1) is 31.6. The second kappa shape index (κ2) is 11.6. The molecule has 2 aromatic carbocycles. The highest BCUT2D eigenvalue weighted by atomic mass is 79.9. The van der Waals surface area contributed by atoms with E-state index in [1.165, 1.54) is 46.4 Å². The SMILES string of the molecule is COc1cc2nc(CCn3c(=O)n4n(c3=O)[C@@H]3CC5=C(C(=O)C=C(Br)C5=O)[C@@H](c5ccc(O)cc5Cl)C3=CC4)c(=O)n(C)c2cc1OC. The van der Waals surface area contributed by atoms with Crippen molar-refractivity contribution in [2.45, 2.75) is 37.9 Å². The van der Waals surface area contributed by atoms with Crippen LogP contribution in [0.5, 0.6) is 17.2 Å². The fourth-order valence-corrected chi connectivity index (χ4v) is 7.64. The maximum atomic E-state index is 14.0. The van der Waals surface area contributed by atoms with Crippen LogP contribution in [-0.4, -0.2) is 54.4 Å². The van der Waals surface area contributed by atoms with Crippen LogP contribution >= 0.6 is 27.5 Å². The Balaban J connectivity index is 1.30. The normalized spacial score (nSPS) is 18.7. The highest BCUT2D eigenvalue weighted by Crippen LogP contribution is 2.51. The Hall–Kier alpha value is -4.95. The van der Waals surface area contributed by atoms with Crippen LogP contribution in [-0.2, 0) is 36.1 Å². The minimum atomic E-state index is -0.806. The largest absolute Gasteiger partial charge is 0.508 e. The lowest BCUT2D eigenvalue weighted by Crippen LogP contribution is -2.40. The zero-order chi connectivity index (χ0) is 34.2. The van der Waals surface area contributed by atoms with Crippen molar-refractivity contribution in [1.82, 2.24) is 23.5 Å². The molecule has 0 fully saturated rings. The number of phenols is 1. The number of allylic oxidation sites excluding steroid dienone is 6. The minimum absolute atomic E-state index is 0.0116. The van der Waals surface area contributed by atoms with Gasteiger partial charge in [0.05, 0.1) is 42.3 Å². The Kier molecular flexibility index (Phi) is 7.67. The van der Waals surface area contributed by atoms with Crippen molar-refractivity contribution < 1.29 is 24.2 Å². The molecule has 0 amide bonds. The summed E-state index contributed by atoms with van der Waals surface area (Å²) in [7, 11) is 4.58. The van der Waals surface area contributed by atoms with E-state index in [4.69, 9.17) is 21.1 Å². The monoisotopic (exact) mass is 735 g/mol. The van der Waals surface area contributed by atoms with Crippen LogP contribution < -0.4 is 26.4 Å². The fraction of sp³-hybridized carbons (Fsp3) is 0.273. The van der Waals surface area contributed by atoms with E-state index in [-0.39, 0.29) is 63.8 Å². The molecule has 1 N–H and O–H groups in total. The quantitative estimate of drug-likeness (QED) is 0.232. The second-order valence-corrected chi connectivity index (χ2v) is 12.9. The molecule has 3 heterocycles. The number of fused-ring (bicyclic) bond motifs is 4. The minimum Gasteiger partial charge on any atom is -0.508 e. The lowest BCUT2D eigenvalue weighted by molar-refractivity contribution is -0.115. The van der Waals surface area contributed by atoms with Crippen molar-refractivity contribution in [2.75, 3.05) is 14.2 Å². The van der Waals surface area contributed by atoms with E-state index >= 15 is 0 Å². The van der Waals surface area contributed by atoms with Gasteiger partial charge in [-0.1, -0.05) is 23.7 Å². The van der Waals surface area contributed by atoms with Gasteiger partial charge in [-0.3, -0.25) is 14.4 Å². The molecule has 0 saturated heterocycles. The molecular formula is C33H27BrClN5O8. The highest BCUT2D eigenvalue weighted by Gasteiger charge is 2.45. The summed E-state index contributed by atoms with van der Waals surface area (Å²) < 4.78 is 15.9. The molecule has 246 valence electrons. The number of aromatic nitrogens is 5. The molecule has 0 unspecified atom stereocenters. The maximum absolute atomic E-state index is 14.0. The van der Waals surface area contributed by atoms with Crippen LogP contribution in [0.15, 0.2) is 78.1 Å². The number of nitrogens with zero attached hydrogens (tertiary/aromatic N) is 5. The number of ether oxygens (including phenoxy) is 2. The van der Waals surface area contributed by atoms with E-state index in [1.807, 2.05) is 0 Å². The Morgan fingerprint density at radius 1 is 1.04 bits per heavy atom. The molecule has 2 aliphatic carbocycles. The molecule has 0 saturated carbocycles. The lowest BCUT2D eigenvalue weighted by Gasteiger charge is -2.39. The van der Waals surface area contributed by atoms with Gasteiger partial charge in [0.25, 0.3) is 5.56 Å². The number of methoxy groups -OCH3 is 2. The van der Waals surface area contributed by atoms with Gasteiger partial charge < -0.3 is 19.1 Å². The molecule has 15 heteroatoms. The summed E-state index contributed by atoms with van der Waals surface area (Å²) in [4.78, 5) is 72.4. The number of aromatic hydroxyl groups is 1. The maximum Gasteiger partial charge on any atom is 0.347 e. The number of Topliss-reactive ketones (excluding diaryl/α,β-unsaturated/α-hetero) is 1. The van der Waals surface area contributed by atoms with Crippen molar-refractivity contribution in [2.24, 2.45) is 7.05 Å². The number of aryl methyl sites for hydroxylation is 2. The van der Waals surface area contributed by atoms with Gasteiger partial charge in [-0.15, -0.1) is 0 Å². The smallest absolute Gasteiger partial charge is 0.347 e. The number of carbonyl (C=O) groups is 2. The van der Waals surface area contributed by atoms with Gasteiger partial charge in [-0.05, 0) is 39.2 Å². The highest BCUT2D eigenvalue weighted by molar-refractivity contribution is 9.12. The van der Waals surface area contributed by atoms with Crippen LogP contribution in [0.25, 0.3) is 11.0 Å². The van der Waals surface area contributed by atoms with Gasteiger partial charge in [0.15, 0.2) is 23.1 Å². The Labute approximate surface area is 284 Å². The van der Waals surface area contributed by atoms with Gasteiger partial charge >= 0.3 is 11.4 Å². The first-order chi connectivity index (χ1) is 22.9. The summed E-state index contributed by atoms with van der Waals surface area (Å²) in [5.74, 6) is -0.794. The molecule has 48 heavy (non-hydrogen) atoms. The summed E-state index contributed by atoms with van der Waals surface area (Å²) in [5, 5.41) is 10.2. The van der Waals surface area contributed by atoms with E-state index in [2.05, 4.69) is 20.9 Å². The van der Waals surface area contributed by atoms with Gasteiger partial charge in [0, 0.05) is 66.7 Å². The standard InChI is InChI=1S/C33H27BrClN5O8/c1-37-24-14-27(48-3)26(47-2)13-22(24)36-21(31(37)44)7-8-38-32(45)39-9-6-17-23(40(39)33(38)46)11-18-29(25(42)12-19(34)30(18)43)28(17)16-5-4-15(41)10-20(16)35/h4-6,10,12-14,23,28,41H,7-9,11H2,1-3H3/t23-,28+/m1/s1. The predicted octanol–water partition coefficient (Wildman–Crippen LogP) is 3.07. The van der Waals surface area contributed by atoms with E-state index < -0.39 is 34.7 Å². The van der Waals surface area contributed by atoms with Crippen molar-refractivity contribution >= 4 is 50.1 Å². The van der Waals surface area contributed by atoms with Crippen molar-refractivity contribution in [3.05, 3.63) is 111 Å². The van der Waals surface area contributed by atoms with E-state index in [9.17, 15) is 29.1 Å². The third-order valence-electron chi connectivity index (χ3n) is 9.19. The van der Waals surface area contributed by atoms with Crippen molar-refractivity contribution in [1.29, 1.82) is 0 Å². The van der Waals surface area contributed by atoms with Crippen molar-refractivity contribution in [3.8, 4) is 17.2 Å². The second-order valence-electron chi connectivity index (χ2n) is 11.7. The number of ketones is 2. The summed E-state index contributed by atoms with van der Waals surface area (Å²) in [6.45, 7) is -0.123. The fourth-order valence-electron chi connectivity index (χ4n) is 6.91. The van der Waals surface area contributed by atoms with Crippen LogP contribution in [0.2, 0.25) is 5.02 Å². The third kappa shape index (κ3) is 4.72. The summed E-state index contributed by atoms with van der Waals surface area (Å²) in [6, 6.07) is 6.87. The van der Waals surface area contributed by atoms with Gasteiger partial charge in [0.1, 0.15) is 11.4 Å². The van der Waals surface area contributed by atoms with Crippen molar-refractivity contribution in [3.63, 3.8) is 0 Å². The molecule has 13 nitrogen and oxygen atoms in total. The number of carbonyl (C=O) groups excluding carboxylic acids is 2. The predicted molar refractivity (Wildman–Crippen MR) is 178 cm³/mol. The van der Waals surface area contributed by atoms with Gasteiger partial charge in [0.2, 0.25) is 0 Å². The molecule has 1 aliphatic heterocycles. The van der Waals surface area contributed by atoms with Gasteiger partial charge in [-0.2, -0.15) is 0 Å². The van der Waals surface area contributed by atoms with Gasteiger partial charge in [-0.25, -0.2) is 28.5 Å². The third-order valence-corrected chi connectivity index (χ3v) is 10.1. The summed E-state index contributed by atoms with van der Waals surface area (Å²) in [6.07, 6.45) is 2.97. The number of phenolic OH excluding ortho intramolecular Hbond substituents is 1. The molecule has 4 aromatic rings. The molecule has 2 aromatic heterocycles. The zero-order valence-corrected chi connectivity index (χ0v) is 28.2. The number of benzene rings is 2. The molecule has 2 atom stereocenters. The Morgan fingerprint density at radius 3 is 2.48 bits per heavy atom. The van der Waals surface area contributed by atoms with E-state index in [0.29, 0.717) is 33.7 Å². The first-order valence-corrected chi connectivity index (χ1v) is 16.0.